The van der Waals surface area contributed by atoms with E-state index in [-0.39, 0.29) is 72.0 Å². The Morgan fingerprint density at radius 3 is 1.77 bits per heavy atom. The number of para-hydroxylation sites is 4. The molecule has 0 unspecified atom stereocenters. The molecule has 95 heavy (non-hydrogen) atoms. The Labute approximate surface area is 586 Å². The number of rotatable bonds is 13. The Morgan fingerprint density at radius 2 is 1.12 bits per heavy atom. The van der Waals surface area contributed by atoms with Crippen molar-refractivity contribution in [1.82, 2.24) is 14.1 Å². The van der Waals surface area contributed by atoms with Crippen LogP contribution in [0.3, 0.4) is 0 Å². The predicted octanol–water partition coefficient (Wildman–Crippen LogP) is 23.2. The molecule has 0 saturated heterocycles. The Balaban J connectivity index is 0.00000928. The SMILES string of the molecule is [2H]c1c([2H])c([2H])c(-c2cccc(-c3c([2H])c([2H])c([2H])c([2H])c3[2H])c2-[n+]2[c-]n(-c3[c-]c(Oc4[c-]c(-c5nc6ccccc6n5-c5ccc(C(C)(C)C)cc5-c5ccccc5)cc(C(C)(C)C)c4)cc4c3oc3ccccc34)c3ccc(-c4c(C(C)C)cc(-c5ccccc5)cc4C(C)C)cc32)c([2H])c1[2H].[Pt]. The molecule has 15 rings (SSSR count). The van der Waals surface area contributed by atoms with E-state index in [2.05, 4.69) is 177 Å². The molecule has 0 fully saturated rings. The monoisotopic (exact) mass is 1420 g/mol. The molecule has 0 N–H and O–H groups in total. The standard InChI is InChI=1S/C88H74N4O2.Pt/c1-56(2)72-48-63(58-28-15-11-16-29-58)49-73(57(3)4)83(72)62-42-44-79-80(50-62)91(84-69(59-30-17-12-18-31-59)37-27-38-70(84)60-32-19-13-20-33-60)55-90(79)81-54-68(53-75-71-36-23-26-41-82(71)94-85(75)81)93-67-47-64(46-66(51-67)88(8,9)10)86-89-76-39-24-25-40-78(76)92(86)77-45-43-65(87(5,6)7)52-74(77)61-34-21-14-22-35-61;/h11-46,48-53,56-57H,1-10H3;/q-2;/i12D,13D,17D,18D,19D,20D,30D,31D,32D,33D;. The van der Waals surface area contributed by atoms with Crippen LogP contribution in [0.4, 0.5) is 0 Å². The molecule has 0 atom stereocenters. The third kappa shape index (κ3) is 11.6. The van der Waals surface area contributed by atoms with Gasteiger partial charge in [0.05, 0.1) is 47.3 Å². The summed E-state index contributed by atoms with van der Waals surface area (Å²) in [6, 6.07) is 66.6. The summed E-state index contributed by atoms with van der Waals surface area (Å²) in [6.45, 7) is 21.9. The first-order valence-corrected chi connectivity index (χ1v) is 32.0. The normalized spacial score (nSPS) is 13.5. The van der Waals surface area contributed by atoms with Crippen LogP contribution in [-0.4, -0.2) is 14.1 Å². The van der Waals surface area contributed by atoms with Crippen LogP contribution >= 0.6 is 0 Å². The van der Waals surface area contributed by atoms with Crippen molar-refractivity contribution in [3.8, 4) is 95.6 Å². The molecule has 0 aliphatic rings. The fourth-order valence-electron chi connectivity index (χ4n) is 13.0. The number of benzene rings is 12. The molecule has 0 amide bonds. The van der Waals surface area contributed by atoms with Gasteiger partial charge in [-0.25, -0.2) is 0 Å². The van der Waals surface area contributed by atoms with Crippen molar-refractivity contribution in [1.29, 1.82) is 0 Å². The molecule has 7 heteroatoms. The number of hydrogen-bond donors (Lipinski definition) is 0. The van der Waals surface area contributed by atoms with E-state index in [1.807, 2.05) is 91.0 Å². The van der Waals surface area contributed by atoms with Gasteiger partial charge < -0.3 is 18.3 Å². The Bertz CT molecular complexity index is 5830. The van der Waals surface area contributed by atoms with Crippen molar-refractivity contribution in [3.63, 3.8) is 0 Å². The van der Waals surface area contributed by atoms with Crippen molar-refractivity contribution in [2.45, 2.75) is 91.9 Å². The summed E-state index contributed by atoms with van der Waals surface area (Å²) in [7, 11) is 0. The van der Waals surface area contributed by atoms with Gasteiger partial charge in [0.1, 0.15) is 5.58 Å². The third-order valence-corrected chi connectivity index (χ3v) is 17.8. The van der Waals surface area contributed by atoms with E-state index in [0.29, 0.717) is 50.4 Å². The molecule has 3 heterocycles. The molecule has 0 aliphatic carbocycles. The second-order valence-corrected chi connectivity index (χ2v) is 26.8. The van der Waals surface area contributed by atoms with Gasteiger partial charge in [0, 0.05) is 54.8 Å². The maximum Gasteiger partial charge on any atom is 0.268 e. The van der Waals surface area contributed by atoms with E-state index in [9.17, 15) is 5.48 Å². The summed E-state index contributed by atoms with van der Waals surface area (Å²) < 4.78 is 112. The van der Waals surface area contributed by atoms with Crippen molar-refractivity contribution in [2.75, 3.05) is 0 Å². The average Bonchev–Trinajstić information content (AvgIpc) is 1.57. The van der Waals surface area contributed by atoms with Crippen LogP contribution in [0.5, 0.6) is 11.5 Å². The first kappa shape index (κ1) is 51.3. The number of hydrogen-bond acceptors (Lipinski definition) is 3. The summed E-state index contributed by atoms with van der Waals surface area (Å²) in [5.74, 6) is 1.37. The molecule has 15 aromatic rings. The van der Waals surface area contributed by atoms with Crippen LogP contribution in [0.25, 0.3) is 128 Å². The maximum atomic E-state index is 9.56. The first-order valence-electron chi connectivity index (χ1n) is 37.0. The number of fused-ring (bicyclic) bond motifs is 5. The van der Waals surface area contributed by atoms with Crippen LogP contribution in [0.1, 0.15) is 117 Å². The molecule has 0 radical (unpaired) electrons. The van der Waals surface area contributed by atoms with Crippen LogP contribution < -0.4 is 9.30 Å². The van der Waals surface area contributed by atoms with E-state index in [4.69, 9.17) is 22.4 Å². The molecule has 6 nitrogen and oxygen atoms in total. The van der Waals surface area contributed by atoms with E-state index < -0.39 is 65.8 Å². The van der Waals surface area contributed by atoms with Gasteiger partial charge in [-0.15, -0.1) is 29.3 Å². The van der Waals surface area contributed by atoms with Gasteiger partial charge >= 0.3 is 0 Å². The molecular formula is C88H74N4O2Pt-2. The Hall–Kier alpha value is -10.1. The van der Waals surface area contributed by atoms with Crippen LogP contribution in [-0.2, 0) is 31.9 Å². The van der Waals surface area contributed by atoms with Gasteiger partial charge in [-0.05, 0) is 132 Å². The van der Waals surface area contributed by atoms with E-state index >= 15 is 0 Å². The third-order valence-electron chi connectivity index (χ3n) is 17.8. The fraction of sp³-hybridized carbons (Fsp3) is 0.159. The minimum atomic E-state index is -0.599. The molecule has 12 aromatic carbocycles. The second kappa shape index (κ2) is 25.0. The van der Waals surface area contributed by atoms with Gasteiger partial charge in [-0.3, -0.25) is 9.55 Å². The number of ether oxygens (including phenoxy) is 1. The quantitative estimate of drug-likeness (QED) is 0.0854. The molecule has 0 bridgehead atoms. The summed E-state index contributed by atoms with van der Waals surface area (Å²) in [6.07, 6.45) is 3.70. The minimum absolute atomic E-state index is 0. The second-order valence-electron chi connectivity index (χ2n) is 26.8. The van der Waals surface area contributed by atoms with Gasteiger partial charge in [-0.1, -0.05) is 287 Å². The zero-order valence-corrected chi connectivity index (χ0v) is 56.8. The van der Waals surface area contributed by atoms with Gasteiger partial charge in [0.15, 0.2) is 0 Å². The predicted molar refractivity (Wildman–Crippen MR) is 388 cm³/mol. The molecule has 0 saturated carbocycles. The summed E-state index contributed by atoms with van der Waals surface area (Å²) in [4.78, 5) is 5.43. The van der Waals surface area contributed by atoms with Gasteiger partial charge in [0.2, 0.25) is 0 Å². The first-order chi connectivity index (χ1) is 49.7. The van der Waals surface area contributed by atoms with E-state index in [1.54, 1.807) is 27.3 Å². The molecule has 0 aliphatic heterocycles. The average molecular weight is 1420 g/mol. The van der Waals surface area contributed by atoms with E-state index in [0.717, 1.165) is 72.2 Å². The summed E-state index contributed by atoms with van der Waals surface area (Å²) in [5.41, 5.74) is 15.4. The summed E-state index contributed by atoms with van der Waals surface area (Å²) >= 11 is 0. The molecule has 0 spiro atoms. The molecular weight excluding hydrogens is 1340 g/mol. The maximum absolute atomic E-state index is 9.56. The zero-order chi connectivity index (χ0) is 73.3. The smallest absolute Gasteiger partial charge is 0.268 e. The molecule has 3 aromatic heterocycles. The largest absolute Gasteiger partial charge is 0.519 e. The van der Waals surface area contributed by atoms with Crippen molar-refractivity contribution in [2.24, 2.45) is 0 Å². The number of imidazole rings is 2. The number of furan rings is 1. The Kier molecular flexibility index (Phi) is 13.5. The Morgan fingerprint density at radius 1 is 0.505 bits per heavy atom. The van der Waals surface area contributed by atoms with Crippen LogP contribution in [0, 0.1) is 18.5 Å². The summed E-state index contributed by atoms with van der Waals surface area (Å²) in [5, 5.41) is 1.45. The number of aromatic nitrogens is 4. The number of nitrogens with zero attached hydrogens (tertiary/aromatic N) is 4. The van der Waals surface area contributed by atoms with Crippen LogP contribution in [0.15, 0.2) is 259 Å². The van der Waals surface area contributed by atoms with Crippen molar-refractivity contribution < 1.29 is 48.5 Å². The van der Waals surface area contributed by atoms with Crippen molar-refractivity contribution >= 4 is 44.0 Å². The van der Waals surface area contributed by atoms with Gasteiger partial charge in [-0.2, -0.15) is 0 Å². The minimum Gasteiger partial charge on any atom is -0.519 e. The van der Waals surface area contributed by atoms with Gasteiger partial charge in [0.25, 0.3) is 6.33 Å². The van der Waals surface area contributed by atoms with Crippen molar-refractivity contribution in [3.05, 3.63) is 295 Å². The van der Waals surface area contributed by atoms with Crippen LogP contribution in [0.2, 0.25) is 0 Å². The zero-order valence-electron chi connectivity index (χ0n) is 64.6. The fourth-order valence-corrected chi connectivity index (χ4v) is 13.0. The molecule has 470 valence electrons. The van der Waals surface area contributed by atoms with E-state index in [1.165, 1.54) is 5.56 Å². The topological polar surface area (TPSA) is 49.0 Å².